The summed E-state index contributed by atoms with van der Waals surface area (Å²) in [5, 5.41) is 7.89. The average molecular weight is 479 g/mol. The number of nitrogens with zero attached hydrogens (tertiary/aromatic N) is 2. The molecule has 0 aromatic heterocycles. The highest BCUT2D eigenvalue weighted by Gasteiger charge is 2.37. The fraction of sp³-hybridized carbons (Fsp3) is 0.318. The van der Waals surface area contributed by atoms with Crippen LogP contribution >= 0.6 is 0 Å². The van der Waals surface area contributed by atoms with Crippen molar-refractivity contribution in [1.29, 1.82) is 0 Å². The molecule has 2 aromatic rings. The summed E-state index contributed by atoms with van der Waals surface area (Å²) in [6.45, 7) is 0. The molecular formula is C22H20F3N3O4S. The molecule has 0 unspecified atom stereocenters. The Morgan fingerprint density at radius 3 is 2.42 bits per heavy atom. The van der Waals surface area contributed by atoms with Crippen LogP contribution in [0.2, 0.25) is 0 Å². The van der Waals surface area contributed by atoms with Gasteiger partial charge in [-0.05, 0) is 41.8 Å². The predicted molar refractivity (Wildman–Crippen MR) is 116 cm³/mol. The smallest absolute Gasteiger partial charge is 0.321 e. The fourth-order valence-electron chi connectivity index (χ4n) is 3.81. The fourth-order valence-corrected chi connectivity index (χ4v) is 5.50. The standard InChI is InChI=1S/C22H20F3N3O4S/c23-22(24,25)16-3-1-2-15(12-16)14-4-6-17(7-5-14)26-21(30)19-8-9-20(29)28(27-19)18-10-11-33(31,32)13-18/h1-7,12,18H,8-11,13H2,(H,26,30)/t18-/m0/s1. The molecule has 0 radical (unpaired) electrons. The molecule has 174 valence electrons. The third-order valence-electron chi connectivity index (χ3n) is 5.54. The molecule has 4 rings (SSSR count). The number of nitrogens with one attached hydrogen (secondary N) is 1. The van der Waals surface area contributed by atoms with E-state index in [0.29, 0.717) is 16.8 Å². The summed E-state index contributed by atoms with van der Waals surface area (Å²) >= 11 is 0. The number of sulfone groups is 1. The average Bonchev–Trinajstić information content (AvgIpc) is 3.13. The number of carbonyl (C=O) groups excluding carboxylic acids is 2. The Kier molecular flexibility index (Phi) is 6.00. The number of rotatable bonds is 4. The van der Waals surface area contributed by atoms with Gasteiger partial charge in [-0.2, -0.15) is 18.3 Å². The zero-order valence-electron chi connectivity index (χ0n) is 17.3. The van der Waals surface area contributed by atoms with Crippen LogP contribution in [0.1, 0.15) is 24.8 Å². The lowest BCUT2D eigenvalue weighted by atomic mass is 10.0. The van der Waals surface area contributed by atoms with Crippen LogP contribution in [0, 0.1) is 0 Å². The van der Waals surface area contributed by atoms with Gasteiger partial charge in [0.05, 0.1) is 23.1 Å². The topological polar surface area (TPSA) is 95.9 Å². The Bertz CT molecular complexity index is 1220. The maximum atomic E-state index is 12.9. The summed E-state index contributed by atoms with van der Waals surface area (Å²) in [5.74, 6) is -1.04. The molecule has 7 nitrogen and oxygen atoms in total. The molecule has 11 heteroatoms. The molecule has 2 aromatic carbocycles. The van der Waals surface area contributed by atoms with Crippen molar-refractivity contribution < 1.29 is 31.2 Å². The van der Waals surface area contributed by atoms with Gasteiger partial charge in [0, 0.05) is 18.5 Å². The number of benzene rings is 2. The molecule has 0 spiro atoms. The largest absolute Gasteiger partial charge is 0.416 e. The Morgan fingerprint density at radius 1 is 1.06 bits per heavy atom. The van der Waals surface area contributed by atoms with Crippen LogP contribution in [0.15, 0.2) is 53.6 Å². The number of carbonyl (C=O) groups is 2. The number of amides is 2. The van der Waals surface area contributed by atoms with Gasteiger partial charge >= 0.3 is 6.18 Å². The molecule has 1 atom stereocenters. The van der Waals surface area contributed by atoms with E-state index in [1.54, 1.807) is 30.3 Å². The molecule has 33 heavy (non-hydrogen) atoms. The van der Waals surface area contributed by atoms with Gasteiger partial charge in [-0.15, -0.1) is 0 Å². The first-order valence-corrected chi connectivity index (χ1v) is 12.0. The Balaban J connectivity index is 1.47. The molecule has 0 bridgehead atoms. The minimum absolute atomic E-state index is 0.0171. The first-order chi connectivity index (χ1) is 15.5. The maximum Gasteiger partial charge on any atom is 0.416 e. The first-order valence-electron chi connectivity index (χ1n) is 10.2. The summed E-state index contributed by atoms with van der Waals surface area (Å²) in [5.41, 5.74) is 0.710. The number of hydrogen-bond donors (Lipinski definition) is 1. The van der Waals surface area contributed by atoms with Gasteiger partial charge in [-0.1, -0.05) is 24.3 Å². The number of hydrogen-bond acceptors (Lipinski definition) is 5. The van der Waals surface area contributed by atoms with E-state index >= 15 is 0 Å². The van der Waals surface area contributed by atoms with Crippen molar-refractivity contribution in [2.24, 2.45) is 5.10 Å². The lowest BCUT2D eigenvalue weighted by molar-refractivity contribution is -0.137. The third kappa shape index (κ3) is 5.24. The van der Waals surface area contributed by atoms with E-state index in [1.807, 2.05) is 0 Å². The van der Waals surface area contributed by atoms with Crippen LogP contribution in [-0.2, 0) is 25.6 Å². The first kappa shape index (κ1) is 23.0. The second-order valence-electron chi connectivity index (χ2n) is 7.95. The zero-order chi connectivity index (χ0) is 23.8. The van der Waals surface area contributed by atoms with Gasteiger partial charge in [0.2, 0.25) is 5.91 Å². The quantitative estimate of drug-likeness (QED) is 0.726. The van der Waals surface area contributed by atoms with E-state index in [2.05, 4.69) is 10.4 Å². The molecule has 1 N–H and O–H groups in total. The van der Waals surface area contributed by atoms with Crippen LogP contribution in [0.25, 0.3) is 11.1 Å². The highest BCUT2D eigenvalue weighted by Crippen LogP contribution is 2.32. The second-order valence-corrected chi connectivity index (χ2v) is 10.2. The molecule has 2 amide bonds. The molecule has 1 saturated heterocycles. The van der Waals surface area contributed by atoms with Crippen molar-refractivity contribution in [3.8, 4) is 11.1 Å². The maximum absolute atomic E-state index is 12.9. The molecule has 2 aliphatic heterocycles. The van der Waals surface area contributed by atoms with Crippen LogP contribution in [0.5, 0.6) is 0 Å². The van der Waals surface area contributed by atoms with Crippen LogP contribution < -0.4 is 5.32 Å². The molecule has 0 saturated carbocycles. The Morgan fingerprint density at radius 2 is 1.79 bits per heavy atom. The van der Waals surface area contributed by atoms with Gasteiger partial charge in [-0.3, -0.25) is 9.59 Å². The van der Waals surface area contributed by atoms with Crippen molar-refractivity contribution in [3.05, 3.63) is 54.1 Å². The van der Waals surface area contributed by atoms with Crippen molar-refractivity contribution in [1.82, 2.24) is 5.01 Å². The van der Waals surface area contributed by atoms with Crippen molar-refractivity contribution in [3.63, 3.8) is 0 Å². The second kappa shape index (κ2) is 8.62. The normalized spacial score (nSPS) is 20.5. The van der Waals surface area contributed by atoms with Gasteiger partial charge in [0.15, 0.2) is 9.84 Å². The highest BCUT2D eigenvalue weighted by atomic mass is 32.2. The van der Waals surface area contributed by atoms with Crippen LogP contribution in [-0.4, -0.2) is 48.5 Å². The van der Waals surface area contributed by atoms with E-state index in [4.69, 9.17) is 0 Å². The lowest BCUT2D eigenvalue weighted by Crippen LogP contribution is -2.42. The van der Waals surface area contributed by atoms with Gasteiger partial charge in [0.25, 0.3) is 5.91 Å². The molecule has 1 fully saturated rings. The summed E-state index contributed by atoms with van der Waals surface area (Å²) < 4.78 is 62.3. The number of alkyl halides is 3. The monoisotopic (exact) mass is 479 g/mol. The summed E-state index contributed by atoms with van der Waals surface area (Å²) in [6.07, 6.45) is -3.98. The number of hydrazone groups is 1. The minimum atomic E-state index is -4.44. The Hall–Kier alpha value is -3.21. The van der Waals surface area contributed by atoms with Gasteiger partial charge in [-0.25, -0.2) is 13.4 Å². The molecule has 0 aliphatic carbocycles. The van der Waals surface area contributed by atoms with Crippen LogP contribution in [0.4, 0.5) is 18.9 Å². The summed E-state index contributed by atoms with van der Waals surface area (Å²) in [4.78, 5) is 24.8. The molecular weight excluding hydrogens is 459 g/mol. The van der Waals surface area contributed by atoms with Crippen molar-refractivity contribution in [2.75, 3.05) is 16.8 Å². The van der Waals surface area contributed by atoms with E-state index in [9.17, 15) is 31.2 Å². The minimum Gasteiger partial charge on any atom is -0.321 e. The van der Waals surface area contributed by atoms with E-state index in [0.717, 1.165) is 17.1 Å². The number of halogens is 3. The number of anilines is 1. The summed E-state index contributed by atoms with van der Waals surface area (Å²) in [7, 11) is -3.22. The SMILES string of the molecule is O=C(Nc1ccc(-c2cccc(C(F)(F)F)c2)cc1)C1=NN([C@H]2CCS(=O)(=O)C2)C(=O)CC1. The van der Waals surface area contributed by atoms with Crippen LogP contribution in [0.3, 0.4) is 0 Å². The van der Waals surface area contributed by atoms with E-state index in [1.165, 1.54) is 6.07 Å². The van der Waals surface area contributed by atoms with Gasteiger partial charge in [0.1, 0.15) is 5.71 Å². The third-order valence-corrected chi connectivity index (χ3v) is 7.29. The van der Waals surface area contributed by atoms with Gasteiger partial charge < -0.3 is 5.32 Å². The predicted octanol–water partition coefficient (Wildman–Crippen LogP) is 3.48. The van der Waals surface area contributed by atoms with Crippen molar-refractivity contribution >= 4 is 33.1 Å². The zero-order valence-corrected chi connectivity index (χ0v) is 18.1. The summed E-state index contributed by atoms with van der Waals surface area (Å²) in [6, 6.07) is 10.7. The van der Waals surface area contributed by atoms with E-state index < -0.39 is 33.5 Å². The van der Waals surface area contributed by atoms with E-state index in [-0.39, 0.29) is 42.4 Å². The lowest BCUT2D eigenvalue weighted by Gasteiger charge is -2.27. The molecule has 2 heterocycles. The Labute approximate surface area is 188 Å². The van der Waals surface area contributed by atoms with Crippen molar-refractivity contribution in [2.45, 2.75) is 31.5 Å². The highest BCUT2D eigenvalue weighted by molar-refractivity contribution is 7.91. The molecule has 2 aliphatic rings.